The lowest BCUT2D eigenvalue weighted by Gasteiger charge is -2.16. The molecule has 1 aliphatic rings. The second kappa shape index (κ2) is 7.76. The summed E-state index contributed by atoms with van der Waals surface area (Å²) in [7, 11) is 0. The molecule has 1 aromatic heterocycles. The fourth-order valence-corrected chi connectivity index (χ4v) is 4.27. The number of rotatable bonds is 5. The van der Waals surface area contributed by atoms with Gasteiger partial charge in [0.05, 0.1) is 28.2 Å². The van der Waals surface area contributed by atoms with Crippen LogP contribution in [0.15, 0.2) is 70.2 Å². The highest BCUT2D eigenvalue weighted by atomic mass is 32.2. The molecule has 0 aliphatic carbocycles. The number of anilines is 1. The van der Waals surface area contributed by atoms with Crippen LogP contribution in [-0.2, 0) is 15.3 Å². The normalized spacial score (nSPS) is 14.2. The Balaban J connectivity index is 1.76. The maximum absolute atomic E-state index is 13.4. The van der Waals surface area contributed by atoms with Crippen molar-refractivity contribution in [1.82, 2.24) is 0 Å². The molecule has 146 valence electrons. The summed E-state index contributed by atoms with van der Waals surface area (Å²) in [6.07, 6.45) is 1.61. The molecular formula is C24H21NO3S. The number of hydrogen-bond acceptors (Lipinski definition) is 4. The van der Waals surface area contributed by atoms with Gasteiger partial charge in [0.15, 0.2) is 0 Å². The first kappa shape index (κ1) is 19.3. The third-order valence-corrected chi connectivity index (χ3v) is 6.17. The zero-order valence-corrected chi connectivity index (χ0v) is 17.4. The third-order valence-electron chi connectivity index (χ3n) is 5.07. The van der Waals surface area contributed by atoms with E-state index in [2.05, 4.69) is 0 Å². The Hall–Kier alpha value is -3.05. The van der Waals surface area contributed by atoms with Crippen molar-refractivity contribution in [2.24, 2.45) is 0 Å². The van der Waals surface area contributed by atoms with E-state index in [1.165, 1.54) is 16.7 Å². The number of carbonyl (C=O) groups is 2. The molecule has 2 aromatic carbocycles. The van der Waals surface area contributed by atoms with Crippen LogP contribution in [0.2, 0.25) is 0 Å². The quantitative estimate of drug-likeness (QED) is 0.534. The highest BCUT2D eigenvalue weighted by Crippen LogP contribution is 2.40. The molecule has 0 unspecified atom stereocenters. The van der Waals surface area contributed by atoms with Crippen molar-refractivity contribution in [2.75, 3.05) is 4.90 Å². The standard InChI is InChI=1S/C24H21NO3S/c1-15-6-9-18(10-7-15)21-22(29-14-20-5-4-12-28-20)24(27)25(23(21)26)19-11-8-16(2)17(3)13-19/h4-13H,14H2,1-3H3. The minimum Gasteiger partial charge on any atom is -0.468 e. The molecule has 0 N–H and O–H groups in total. The van der Waals surface area contributed by atoms with Crippen LogP contribution in [0.1, 0.15) is 28.0 Å². The second-order valence-corrected chi connectivity index (χ2v) is 8.14. The molecule has 3 aromatic rings. The number of benzene rings is 2. The first-order valence-corrected chi connectivity index (χ1v) is 10.4. The van der Waals surface area contributed by atoms with Crippen LogP contribution < -0.4 is 4.90 Å². The zero-order valence-electron chi connectivity index (χ0n) is 16.6. The van der Waals surface area contributed by atoms with E-state index in [1.54, 1.807) is 6.26 Å². The van der Waals surface area contributed by atoms with Gasteiger partial charge >= 0.3 is 0 Å². The minimum absolute atomic E-state index is 0.287. The van der Waals surface area contributed by atoms with Crippen LogP contribution in [0.3, 0.4) is 0 Å². The highest BCUT2D eigenvalue weighted by molar-refractivity contribution is 8.03. The van der Waals surface area contributed by atoms with Gasteiger partial charge in [-0.25, -0.2) is 4.90 Å². The lowest BCUT2D eigenvalue weighted by Crippen LogP contribution is -2.31. The molecule has 0 fully saturated rings. The average Bonchev–Trinajstić information content (AvgIpc) is 3.30. The van der Waals surface area contributed by atoms with Crippen molar-refractivity contribution in [3.05, 3.63) is 93.8 Å². The number of thioether (sulfide) groups is 1. The summed E-state index contributed by atoms with van der Waals surface area (Å²) in [4.78, 5) is 28.4. The van der Waals surface area contributed by atoms with Crippen LogP contribution in [0.25, 0.3) is 5.57 Å². The molecule has 29 heavy (non-hydrogen) atoms. The Bertz CT molecular complexity index is 1110. The van der Waals surface area contributed by atoms with Gasteiger partial charge in [-0.1, -0.05) is 35.9 Å². The van der Waals surface area contributed by atoms with Gasteiger partial charge in [-0.05, 0) is 61.7 Å². The Kier molecular flexibility index (Phi) is 5.16. The smallest absolute Gasteiger partial charge is 0.272 e. The molecule has 0 spiro atoms. The van der Waals surface area contributed by atoms with Gasteiger partial charge in [-0.2, -0.15) is 0 Å². The number of amides is 2. The van der Waals surface area contributed by atoms with E-state index in [-0.39, 0.29) is 11.8 Å². The lowest BCUT2D eigenvalue weighted by molar-refractivity contribution is -0.119. The molecule has 2 amide bonds. The first-order chi connectivity index (χ1) is 14.0. The van der Waals surface area contributed by atoms with E-state index in [4.69, 9.17) is 4.42 Å². The van der Waals surface area contributed by atoms with E-state index in [1.807, 2.05) is 75.4 Å². The number of imide groups is 1. The average molecular weight is 404 g/mol. The van der Waals surface area contributed by atoms with Gasteiger partial charge in [0, 0.05) is 0 Å². The molecule has 0 saturated heterocycles. The van der Waals surface area contributed by atoms with Crippen LogP contribution in [-0.4, -0.2) is 11.8 Å². The molecule has 5 heteroatoms. The third kappa shape index (κ3) is 3.66. The lowest BCUT2D eigenvalue weighted by atomic mass is 10.0. The Labute approximate surface area is 174 Å². The van der Waals surface area contributed by atoms with Gasteiger partial charge in [-0.15, -0.1) is 11.8 Å². The second-order valence-electron chi connectivity index (χ2n) is 7.15. The largest absolute Gasteiger partial charge is 0.468 e. The zero-order chi connectivity index (χ0) is 20.5. The number of hydrogen-bond donors (Lipinski definition) is 0. The molecule has 0 atom stereocenters. The summed E-state index contributed by atoms with van der Waals surface area (Å²) in [5.74, 6) is 0.669. The predicted molar refractivity (Wildman–Crippen MR) is 117 cm³/mol. The van der Waals surface area contributed by atoms with Gasteiger partial charge < -0.3 is 4.42 Å². The van der Waals surface area contributed by atoms with Crippen LogP contribution in [0.5, 0.6) is 0 Å². The maximum Gasteiger partial charge on any atom is 0.272 e. The monoisotopic (exact) mass is 403 g/mol. The first-order valence-electron chi connectivity index (χ1n) is 9.38. The number of nitrogens with zero attached hydrogens (tertiary/aromatic N) is 1. The van der Waals surface area contributed by atoms with Crippen molar-refractivity contribution in [3.63, 3.8) is 0 Å². The fraction of sp³-hybridized carbons (Fsp3) is 0.167. The molecular weight excluding hydrogens is 382 g/mol. The Morgan fingerprint density at radius 1 is 0.897 bits per heavy atom. The van der Waals surface area contributed by atoms with Crippen LogP contribution in [0.4, 0.5) is 5.69 Å². The Morgan fingerprint density at radius 3 is 2.31 bits per heavy atom. The number of aryl methyl sites for hydroxylation is 3. The molecule has 0 saturated carbocycles. The SMILES string of the molecule is Cc1ccc(C2=C(SCc3ccco3)C(=O)N(c3ccc(C)c(C)c3)C2=O)cc1. The van der Waals surface area contributed by atoms with Crippen molar-refractivity contribution in [2.45, 2.75) is 26.5 Å². The minimum atomic E-state index is -0.288. The van der Waals surface area contributed by atoms with Crippen molar-refractivity contribution >= 4 is 34.8 Å². The summed E-state index contributed by atoms with van der Waals surface area (Å²) < 4.78 is 5.40. The van der Waals surface area contributed by atoms with Crippen LogP contribution >= 0.6 is 11.8 Å². The fourth-order valence-electron chi connectivity index (χ4n) is 3.26. The van der Waals surface area contributed by atoms with Crippen molar-refractivity contribution < 1.29 is 14.0 Å². The maximum atomic E-state index is 13.4. The van der Waals surface area contributed by atoms with E-state index in [0.29, 0.717) is 21.9 Å². The van der Waals surface area contributed by atoms with Crippen LogP contribution in [0, 0.1) is 20.8 Å². The van der Waals surface area contributed by atoms with E-state index >= 15 is 0 Å². The van der Waals surface area contributed by atoms with Crippen molar-refractivity contribution in [3.8, 4) is 0 Å². The molecule has 0 bridgehead atoms. The molecule has 4 rings (SSSR count). The van der Waals surface area contributed by atoms with Gasteiger partial charge in [0.1, 0.15) is 5.76 Å². The summed E-state index contributed by atoms with van der Waals surface area (Å²) >= 11 is 1.34. The molecule has 4 nitrogen and oxygen atoms in total. The van der Waals surface area contributed by atoms with Crippen molar-refractivity contribution in [1.29, 1.82) is 0 Å². The molecule has 1 aliphatic heterocycles. The summed E-state index contributed by atoms with van der Waals surface area (Å²) in [6, 6.07) is 17.0. The topological polar surface area (TPSA) is 50.5 Å². The van der Waals surface area contributed by atoms with E-state index in [0.717, 1.165) is 28.0 Å². The summed E-state index contributed by atoms with van der Waals surface area (Å²) in [5.41, 5.74) is 5.05. The van der Waals surface area contributed by atoms with E-state index < -0.39 is 0 Å². The number of carbonyl (C=O) groups excluding carboxylic acids is 2. The predicted octanol–water partition coefficient (Wildman–Crippen LogP) is 5.42. The van der Waals surface area contributed by atoms with Gasteiger partial charge in [-0.3, -0.25) is 9.59 Å². The summed E-state index contributed by atoms with van der Waals surface area (Å²) in [5, 5.41) is 0. The highest BCUT2D eigenvalue weighted by Gasteiger charge is 2.40. The van der Waals surface area contributed by atoms with E-state index in [9.17, 15) is 9.59 Å². The molecule has 2 heterocycles. The number of furan rings is 1. The Morgan fingerprint density at radius 2 is 1.66 bits per heavy atom. The van der Waals surface area contributed by atoms with Gasteiger partial charge in [0.2, 0.25) is 0 Å². The summed E-state index contributed by atoms with van der Waals surface area (Å²) in [6.45, 7) is 5.98. The van der Waals surface area contributed by atoms with Gasteiger partial charge in [0.25, 0.3) is 11.8 Å². The molecule has 0 radical (unpaired) electrons.